The lowest BCUT2D eigenvalue weighted by atomic mass is 10.4. The van der Waals surface area contributed by atoms with E-state index in [2.05, 4.69) is 39.5 Å². The molecular formula is C9H9IN2O. The first-order valence-corrected chi connectivity index (χ1v) is 4.82. The molecule has 0 fully saturated rings. The molecule has 1 heterocycles. The number of nitrogens with zero attached hydrogens (tertiary/aromatic N) is 1. The maximum Gasteiger partial charge on any atom is 0.229 e. The molecule has 1 rings (SSSR count). The molecule has 13 heavy (non-hydrogen) atoms. The van der Waals surface area contributed by atoms with Gasteiger partial charge in [-0.15, -0.1) is 6.58 Å². The van der Waals surface area contributed by atoms with Crippen LogP contribution in [0.5, 0.6) is 0 Å². The van der Waals surface area contributed by atoms with Crippen molar-refractivity contribution >= 4 is 34.3 Å². The van der Waals surface area contributed by atoms with Gasteiger partial charge in [0, 0.05) is 16.2 Å². The fourth-order valence-corrected chi connectivity index (χ4v) is 1.09. The van der Waals surface area contributed by atoms with Gasteiger partial charge in [-0.2, -0.15) is 0 Å². The lowest BCUT2D eigenvalue weighted by Crippen LogP contribution is -2.10. The molecule has 0 saturated heterocycles. The molecule has 1 aromatic rings. The second-order valence-electron chi connectivity index (χ2n) is 2.40. The molecule has 0 aliphatic heterocycles. The van der Waals surface area contributed by atoms with Crippen LogP contribution in [0.15, 0.2) is 31.0 Å². The Morgan fingerprint density at radius 2 is 2.46 bits per heavy atom. The second kappa shape index (κ2) is 4.96. The Morgan fingerprint density at radius 1 is 1.69 bits per heavy atom. The van der Waals surface area contributed by atoms with E-state index in [9.17, 15) is 4.79 Å². The Kier molecular flexibility index (Phi) is 3.88. The fraction of sp³-hybridized carbons (Fsp3) is 0.111. The van der Waals surface area contributed by atoms with Crippen molar-refractivity contribution in [1.29, 1.82) is 0 Å². The summed E-state index contributed by atoms with van der Waals surface area (Å²) in [5.41, 5.74) is 0. The molecule has 68 valence electrons. The van der Waals surface area contributed by atoms with Crippen molar-refractivity contribution in [2.45, 2.75) is 6.42 Å². The highest BCUT2D eigenvalue weighted by atomic mass is 127. The van der Waals surface area contributed by atoms with Crippen LogP contribution in [-0.2, 0) is 4.79 Å². The van der Waals surface area contributed by atoms with Crippen molar-refractivity contribution < 1.29 is 4.79 Å². The molecule has 0 saturated carbocycles. The third-order valence-electron chi connectivity index (χ3n) is 1.32. The third kappa shape index (κ3) is 3.54. The van der Waals surface area contributed by atoms with E-state index >= 15 is 0 Å². The second-order valence-corrected chi connectivity index (χ2v) is 3.65. The zero-order chi connectivity index (χ0) is 9.68. The summed E-state index contributed by atoms with van der Waals surface area (Å²) >= 11 is 2.16. The molecule has 1 N–H and O–H groups in total. The van der Waals surface area contributed by atoms with Gasteiger partial charge in [0.15, 0.2) is 0 Å². The van der Waals surface area contributed by atoms with Gasteiger partial charge in [0.05, 0.1) is 0 Å². The normalized spacial score (nSPS) is 9.31. The van der Waals surface area contributed by atoms with Crippen LogP contribution in [0.25, 0.3) is 0 Å². The highest BCUT2D eigenvalue weighted by Crippen LogP contribution is 2.07. The third-order valence-corrected chi connectivity index (χ3v) is 1.96. The first-order chi connectivity index (χ1) is 6.22. The van der Waals surface area contributed by atoms with E-state index in [0.717, 1.165) is 3.57 Å². The van der Waals surface area contributed by atoms with E-state index in [0.29, 0.717) is 12.2 Å². The maximum absolute atomic E-state index is 11.1. The molecule has 0 aromatic carbocycles. The van der Waals surface area contributed by atoms with Crippen molar-refractivity contribution in [2.24, 2.45) is 0 Å². The molecular weight excluding hydrogens is 279 g/mol. The van der Waals surface area contributed by atoms with Crippen LogP contribution in [0, 0.1) is 3.57 Å². The van der Waals surface area contributed by atoms with Crippen LogP contribution < -0.4 is 5.32 Å². The van der Waals surface area contributed by atoms with Gasteiger partial charge < -0.3 is 5.32 Å². The zero-order valence-electron chi connectivity index (χ0n) is 6.96. The van der Waals surface area contributed by atoms with Crippen LogP contribution in [0.4, 0.5) is 5.82 Å². The molecule has 0 atom stereocenters. The Balaban J connectivity index is 2.59. The van der Waals surface area contributed by atoms with Crippen molar-refractivity contribution in [1.82, 2.24) is 4.98 Å². The number of carbonyl (C=O) groups is 1. The molecule has 0 aliphatic carbocycles. The highest BCUT2D eigenvalue weighted by molar-refractivity contribution is 14.1. The van der Waals surface area contributed by atoms with Gasteiger partial charge in [-0.1, -0.05) is 6.08 Å². The van der Waals surface area contributed by atoms with E-state index in [1.165, 1.54) is 0 Å². The number of rotatable bonds is 3. The predicted molar refractivity (Wildman–Crippen MR) is 60.4 cm³/mol. The van der Waals surface area contributed by atoms with E-state index < -0.39 is 0 Å². The van der Waals surface area contributed by atoms with Gasteiger partial charge in [0.1, 0.15) is 5.82 Å². The van der Waals surface area contributed by atoms with Crippen LogP contribution in [-0.4, -0.2) is 10.9 Å². The summed E-state index contributed by atoms with van der Waals surface area (Å²) in [6.07, 6.45) is 3.57. The number of pyridine rings is 1. The number of amides is 1. The lowest BCUT2D eigenvalue weighted by molar-refractivity contribution is -0.115. The predicted octanol–water partition coefficient (Wildman–Crippen LogP) is 2.20. The Hall–Kier alpha value is -0.910. The summed E-state index contributed by atoms with van der Waals surface area (Å²) in [6.45, 7) is 3.47. The van der Waals surface area contributed by atoms with E-state index in [4.69, 9.17) is 0 Å². The highest BCUT2D eigenvalue weighted by Gasteiger charge is 1.99. The first-order valence-electron chi connectivity index (χ1n) is 3.74. The molecule has 0 spiro atoms. The minimum atomic E-state index is -0.0938. The number of aromatic nitrogens is 1. The molecule has 1 aromatic heterocycles. The smallest absolute Gasteiger partial charge is 0.229 e. The summed E-state index contributed by atoms with van der Waals surface area (Å²) in [7, 11) is 0. The first kappa shape index (κ1) is 10.2. The van der Waals surface area contributed by atoms with E-state index in [1.807, 2.05) is 6.07 Å². The fourth-order valence-electron chi connectivity index (χ4n) is 0.775. The largest absolute Gasteiger partial charge is 0.310 e. The van der Waals surface area contributed by atoms with Gasteiger partial charge in [0.25, 0.3) is 0 Å². The Bertz CT molecular complexity index is 308. The number of carbonyl (C=O) groups excluding carboxylic acids is 1. The maximum atomic E-state index is 11.1. The minimum absolute atomic E-state index is 0.0938. The molecule has 0 aliphatic rings. The van der Waals surface area contributed by atoms with Crippen molar-refractivity contribution in [3.63, 3.8) is 0 Å². The van der Waals surface area contributed by atoms with Crippen molar-refractivity contribution in [2.75, 3.05) is 5.32 Å². The summed E-state index contributed by atoms with van der Waals surface area (Å²) < 4.78 is 1.04. The number of hydrogen-bond acceptors (Lipinski definition) is 2. The van der Waals surface area contributed by atoms with Gasteiger partial charge in [0.2, 0.25) is 5.91 Å². The van der Waals surface area contributed by atoms with Crippen LogP contribution in [0.1, 0.15) is 6.42 Å². The summed E-state index contributed by atoms with van der Waals surface area (Å²) in [4.78, 5) is 15.1. The average Bonchev–Trinajstić information content (AvgIpc) is 2.09. The topological polar surface area (TPSA) is 42.0 Å². The average molecular weight is 288 g/mol. The quantitative estimate of drug-likeness (QED) is 0.684. The van der Waals surface area contributed by atoms with Gasteiger partial charge >= 0.3 is 0 Å². The van der Waals surface area contributed by atoms with Crippen LogP contribution in [0.2, 0.25) is 0 Å². The molecule has 0 unspecified atom stereocenters. The molecule has 3 nitrogen and oxygen atoms in total. The van der Waals surface area contributed by atoms with E-state index in [-0.39, 0.29) is 5.91 Å². The van der Waals surface area contributed by atoms with Gasteiger partial charge in [-0.3, -0.25) is 4.79 Å². The summed E-state index contributed by atoms with van der Waals surface area (Å²) in [5, 5.41) is 2.65. The Labute approximate surface area is 90.4 Å². The van der Waals surface area contributed by atoms with E-state index in [1.54, 1.807) is 18.3 Å². The van der Waals surface area contributed by atoms with Gasteiger partial charge in [-0.05, 0) is 34.7 Å². The Morgan fingerprint density at radius 3 is 3.00 bits per heavy atom. The molecule has 4 heteroatoms. The van der Waals surface area contributed by atoms with Crippen molar-refractivity contribution in [3.8, 4) is 0 Å². The number of nitrogens with one attached hydrogen (secondary N) is 1. The standard InChI is InChI=1S/C9H9IN2O/c1-2-3-9(13)12-8-5-4-7(10)6-11-8/h2,4-6H,1,3H2,(H,11,12,13). The summed E-state index contributed by atoms with van der Waals surface area (Å²) in [6, 6.07) is 3.65. The van der Waals surface area contributed by atoms with Crippen LogP contribution in [0.3, 0.4) is 0 Å². The zero-order valence-corrected chi connectivity index (χ0v) is 9.11. The number of anilines is 1. The lowest BCUT2D eigenvalue weighted by Gasteiger charge is -2.01. The SMILES string of the molecule is C=CCC(=O)Nc1ccc(I)cn1. The minimum Gasteiger partial charge on any atom is -0.310 e. The van der Waals surface area contributed by atoms with Crippen LogP contribution >= 0.6 is 22.6 Å². The molecule has 0 radical (unpaired) electrons. The number of hydrogen-bond donors (Lipinski definition) is 1. The number of halogens is 1. The monoisotopic (exact) mass is 288 g/mol. The van der Waals surface area contributed by atoms with Gasteiger partial charge in [-0.25, -0.2) is 4.98 Å². The molecule has 1 amide bonds. The summed E-state index contributed by atoms with van der Waals surface area (Å²) in [5.74, 6) is 0.482. The van der Waals surface area contributed by atoms with Crippen molar-refractivity contribution in [3.05, 3.63) is 34.6 Å². The molecule has 0 bridgehead atoms.